The molecule has 1 aromatic carbocycles. The molecular formula is C16H23NO3. The molecule has 1 aliphatic heterocycles. The minimum absolute atomic E-state index is 0.00432. The molecule has 2 N–H and O–H groups in total. The molecule has 0 spiro atoms. The molecule has 0 radical (unpaired) electrons. The average molecular weight is 277 g/mol. The van der Waals surface area contributed by atoms with Gasteiger partial charge in [0.2, 0.25) is 5.91 Å². The fourth-order valence-corrected chi connectivity index (χ4v) is 2.55. The number of benzene rings is 1. The second-order valence-corrected chi connectivity index (χ2v) is 5.47. The monoisotopic (exact) mass is 277 g/mol. The molecule has 0 bridgehead atoms. The van der Waals surface area contributed by atoms with Crippen LogP contribution in [-0.2, 0) is 9.53 Å². The summed E-state index contributed by atoms with van der Waals surface area (Å²) < 4.78 is 5.45. The predicted molar refractivity (Wildman–Crippen MR) is 77.2 cm³/mol. The van der Waals surface area contributed by atoms with Crippen molar-refractivity contribution in [1.82, 2.24) is 5.32 Å². The van der Waals surface area contributed by atoms with Crippen LogP contribution in [0.1, 0.15) is 44.3 Å². The van der Waals surface area contributed by atoms with Gasteiger partial charge in [0.1, 0.15) is 0 Å². The SMILES string of the molecule is C[C@H](C[C@@H](O)c1ccccc1)NC(=O)C[C@@H]1CCCO1. The molecule has 3 atom stereocenters. The van der Waals surface area contributed by atoms with E-state index >= 15 is 0 Å². The first-order valence-corrected chi connectivity index (χ1v) is 7.29. The smallest absolute Gasteiger partial charge is 0.222 e. The van der Waals surface area contributed by atoms with Crippen LogP contribution in [0.2, 0.25) is 0 Å². The van der Waals surface area contributed by atoms with Crippen LogP contribution in [0.4, 0.5) is 0 Å². The number of hydrogen-bond acceptors (Lipinski definition) is 3. The highest BCUT2D eigenvalue weighted by Gasteiger charge is 2.20. The van der Waals surface area contributed by atoms with Gasteiger partial charge in [0.25, 0.3) is 0 Å². The second kappa shape index (κ2) is 7.41. The van der Waals surface area contributed by atoms with Crippen LogP contribution in [0.3, 0.4) is 0 Å². The largest absolute Gasteiger partial charge is 0.388 e. The Morgan fingerprint density at radius 1 is 1.45 bits per heavy atom. The first kappa shape index (κ1) is 15.0. The summed E-state index contributed by atoms with van der Waals surface area (Å²) in [7, 11) is 0. The van der Waals surface area contributed by atoms with Gasteiger partial charge in [-0.15, -0.1) is 0 Å². The summed E-state index contributed by atoms with van der Waals surface area (Å²) in [6, 6.07) is 9.46. The maximum atomic E-state index is 11.9. The number of amides is 1. The number of nitrogens with one attached hydrogen (secondary N) is 1. The Bertz CT molecular complexity index is 415. The van der Waals surface area contributed by atoms with E-state index in [0.29, 0.717) is 12.8 Å². The number of aliphatic hydroxyl groups excluding tert-OH is 1. The van der Waals surface area contributed by atoms with Gasteiger partial charge in [-0.3, -0.25) is 4.79 Å². The molecule has 110 valence electrons. The summed E-state index contributed by atoms with van der Waals surface area (Å²) in [5.41, 5.74) is 0.882. The standard InChI is InChI=1S/C16H23NO3/c1-12(10-15(18)13-6-3-2-4-7-13)17-16(19)11-14-8-5-9-20-14/h2-4,6-7,12,14-15,18H,5,8-11H2,1H3,(H,17,19)/t12-,14+,15-/m1/s1. The van der Waals surface area contributed by atoms with Crippen LogP contribution in [0.25, 0.3) is 0 Å². The average Bonchev–Trinajstić information content (AvgIpc) is 2.92. The van der Waals surface area contributed by atoms with Gasteiger partial charge in [0.05, 0.1) is 18.6 Å². The topological polar surface area (TPSA) is 58.6 Å². The Kier molecular flexibility index (Phi) is 5.56. The number of ether oxygens (including phenoxy) is 1. The van der Waals surface area contributed by atoms with Crippen molar-refractivity contribution in [2.45, 2.75) is 50.9 Å². The van der Waals surface area contributed by atoms with Gasteiger partial charge in [-0.05, 0) is 31.7 Å². The third-order valence-electron chi connectivity index (χ3n) is 3.61. The summed E-state index contributed by atoms with van der Waals surface area (Å²) in [6.45, 7) is 2.68. The number of carbonyl (C=O) groups is 1. The lowest BCUT2D eigenvalue weighted by Gasteiger charge is -2.19. The van der Waals surface area contributed by atoms with Gasteiger partial charge in [-0.2, -0.15) is 0 Å². The van der Waals surface area contributed by atoms with Gasteiger partial charge in [-0.1, -0.05) is 30.3 Å². The minimum Gasteiger partial charge on any atom is -0.388 e. The zero-order chi connectivity index (χ0) is 14.4. The van der Waals surface area contributed by atoms with Crippen molar-refractivity contribution in [3.8, 4) is 0 Å². The fourth-order valence-electron chi connectivity index (χ4n) is 2.55. The summed E-state index contributed by atoms with van der Waals surface area (Å²) in [5, 5.41) is 13.0. The molecule has 20 heavy (non-hydrogen) atoms. The van der Waals surface area contributed by atoms with E-state index in [-0.39, 0.29) is 18.1 Å². The first-order chi connectivity index (χ1) is 9.65. The second-order valence-electron chi connectivity index (χ2n) is 5.47. The highest BCUT2D eigenvalue weighted by atomic mass is 16.5. The lowest BCUT2D eigenvalue weighted by Crippen LogP contribution is -2.35. The fraction of sp³-hybridized carbons (Fsp3) is 0.562. The Hall–Kier alpha value is -1.39. The Morgan fingerprint density at radius 3 is 2.85 bits per heavy atom. The van der Waals surface area contributed by atoms with Crippen LogP contribution in [0.5, 0.6) is 0 Å². The van der Waals surface area contributed by atoms with Gasteiger partial charge < -0.3 is 15.2 Å². The molecule has 1 aromatic rings. The summed E-state index contributed by atoms with van der Waals surface area (Å²) >= 11 is 0. The molecular weight excluding hydrogens is 254 g/mol. The van der Waals surface area contributed by atoms with Crippen molar-refractivity contribution in [3.05, 3.63) is 35.9 Å². The highest BCUT2D eigenvalue weighted by molar-refractivity contribution is 5.76. The Labute approximate surface area is 120 Å². The van der Waals surface area contributed by atoms with E-state index in [0.717, 1.165) is 25.0 Å². The number of hydrogen-bond donors (Lipinski definition) is 2. The van der Waals surface area contributed by atoms with Crippen LogP contribution in [-0.4, -0.2) is 29.8 Å². The number of carbonyl (C=O) groups excluding carboxylic acids is 1. The summed E-state index contributed by atoms with van der Waals surface area (Å²) in [6.07, 6.45) is 2.47. The molecule has 2 rings (SSSR count). The molecule has 0 aliphatic carbocycles. The molecule has 1 amide bonds. The third-order valence-corrected chi connectivity index (χ3v) is 3.61. The van der Waals surface area contributed by atoms with E-state index in [1.54, 1.807) is 0 Å². The molecule has 1 saturated heterocycles. The quantitative estimate of drug-likeness (QED) is 0.838. The lowest BCUT2D eigenvalue weighted by molar-refractivity contribution is -0.124. The maximum absolute atomic E-state index is 11.9. The molecule has 0 unspecified atom stereocenters. The predicted octanol–water partition coefficient (Wildman–Crippen LogP) is 2.18. The van der Waals surface area contributed by atoms with E-state index < -0.39 is 6.10 Å². The normalized spacial score (nSPS) is 21.4. The van der Waals surface area contributed by atoms with Crippen molar-refractivity contribution < 1.29 is 14.6 Å². The van der Waals surface area contributed by atoms with Crippen molar-refractivity contribution >= 4 is 5.91 Å². The van der Waals surface area contributed by atoms with Crippen LogP contribution in [0, 0.1) is 0 Å². The van der Waals surface area contributed by atoms with E-state index in [1.165, 1.54) is 0 Å². The van der Waals surface area contributed by atoms with Gasteiger partial charge >= 0.3 is 0 Å². The summed E-state index contributed by atoms with van der Waals surface area (Å²) in [4.78, 5) is 11.9. The molecule has 1 fully saturated rings. The Balaban J connectivity index is 1.74. The van der Waals surface area contributed by atoms with Crippen LogP contribution in [0.15, 0.2) is 30.3 Å². The maximum Gasteiger partial charge on any atom is 0.222 e. The van der Waals surface area contributed by atoms with E-state index in [4.69, 9.17) is 4.74 Å². The van der Waals surface area contributed by atoms with E-state index in [1.807, 2.05) is 37.3 Å². The number of rotatable bonds is 6. The van der Waals surface area contributed by atoms with Crippen molar-refractivity contribution in [3.63, 3.8) is 0 Å². The van der Waals surface area contributed by atoms with Crippen LogP contribution >= 0.6 is 0 Å². The molecule has 4 nitrogen and oxygen atoms in total. The zero-order valence-corrected chi connectivity index (χ0v) is 11.9. The first-order valence-electron chi connectivity index (χ1n) is 7.29. The van der Waals surface area contributed by atoms with Crippen LogP contribution < -0.4 is 5.32 Å². The molecule has 0 saturated carbocycles. The molecule has 1 aliphatic rings. The van der Waals surface area contributed by atoms with Gasteiger partial charge in [0, 0.05) is 12.6 Å². The van der Waals surface area contributed by atoms with Crippen molar-refractivity contribution in [2.75, 3.05) is 6.61 Å². The number of aliphatic hydroxyl groups is 1. The summed E-state index contributed by atoms with van der Waals surface area (Å²) in [5.74, 6) is 0.00432. The zero-order valence-electron chi connectivity index (χ0n) is 11.9. The molecule has 0 aromatic heterocycles. The van der Waals surface area contributed by atoms with Crippen molar-refractivity contribution in [2.24, 2.45) is 0 Å². The van der Waals surface area contributed by atoms with Crippen molar-refractivity contribution in [1.29, 1.82) is 0 Å². The van der Waals surface area contributed by atoms with Gasteiger partial charge in [-0.25, -0.2) is 0 Å². The molecule has 1 heterocycles. The molecule has 4 heteroatoms. The highest BCUT2D eigenvalue weighted by Crippen LogP contribution is 2.18. The lowest BCUT2D eigenvalue weighted by atomic mass is 10.0. The van der Waals surface area contributed by atoms with E-state index in [2.05, 4.69) is 5.32 Å². The minimum atomic E-state index is -0.547. The van der Waals surface area contributed by atoms with Gasteiger partial charge in [0.15, 0.2) is 0 Å². The Morgan fingerprint density at radius 2 is 2.20 bits per heavy atom. The van der Waals surface area contributed by atoms with E-state index in [9.17, 15) is 9.90 Å². The third kappa shape index (κ3) is 4.62.